The van der Waals surface area contributed by atoms with Crippen molar-refractivity contribution >= 4 is 11.6 Å². The second-order valence-electron chi connectivity index (χ2n) is 4.43. The van der Waals surface area contributed by atoms with Crippen molar-refractivity contribution in [3.63, 3.8) is 0 Å². The Kier molecular flexibility index (Phi) is 2.25. The number of rotatable bonds is 2. The van der Waals surface area contributed by atoms with Gasteiger partial charge in [0.05, 0.1) is 0 Å². The van der Waals surface area contributed by atoms with Gasteiger partial charge in [-0.3, -0.25) is 0 Å². The van der Waals surface area contributed by atoms with Gasteiger partial charge in [-0.15, -0.1) is 0 Å². The van der Waals surface area contributed by atoms with Crippen molar-refractivity contribution < 1.29 is 0 Å². The first kappa shape index (κ1) is 9.91. The lowest BCUT2D eigenvalue weighted by Gasteiger charge is -2.01. The molecule has 3 heteroatoms. The lowest BCUT2D eigenvalue weighted by molar-refractivity contribution is 1.05. The van der Waals surface area contributed by atoms with Crippen LogP contribution in [0.3, 0.4) is 0 Å². The third-order valence-corrected chi connectivity index (χ3v) is 3.47. The van der Waals surface area contributed by atoms with Crippen molar-refractivity contribution in [3.05, 3.63) is 40.7 Å². The molecule has 0 spiro atoms. The lowest BCUT2D eigenvalue weighted by atomic mass is 10.1. The van der Waals surface area contributed by atoms with Crippen LogP contribution in [0, 0.1) is 6.92 Å². The molecule has 0 aliphatic heterocycles. The van der Waals surface area contributed by atoms with Gasteiger partial charge in [0, 0.05) is 28.4 Å². The standard InChI is InChI=1S/C13H13ClN2/c1-8-6-10(4-5-11(8)14)13-15-7-12(16-13)9-2-3-9/h4-7,9H,2-3H2,1H3,(H,15,16). The third kappa shape index (κ3) is 1.74. The van der Waals surface area contributed by atoms with E-state index in [4.69, 9.17) is 11.6 Å². The zero-order chi connectivity index (χ0) is 11.1. The molecule has 0 radical (unpaired) electrons. The summed E-state index contributed by atoms with van der Waals surface area (Å²) < 4.78 is 0. The van der Waals surface area contributed by atoms with E-state index in [-0.39, 0.29) is 0 Å². The maximum atomic E-state index is 6.00. The van der Waals surface area contributed by atoms with Crippen molar-refractivity contribution in [1.29, 1.82) is 0 Å². The molecule has 1 aliphatic rings. The van der Waals surface area contributed by atoms with Crippen LogP contribution in [-0.2, 0) is 0 Å². The topological polar surface area (TPSA) is 28.7 Å². The number of halogens is 1. The number of hydrogen-bond acceptors (Lipinski definition) is 1. The van der Waals surface area contributed by atoms with E-state index < -0.39 is 0 Å². The Bertz CT molecular complexity index is 526. The molecule has 1 aromatic carbocycles. The predicted octanol–water partition coefficient (Wildman–Crippen LogP) is 3.92. The van der Waals surface area contributed by atoms with Crippen molar-refractivity contribution in [1.82, 2.24) is 9.97 Å². The molecule has 0 saturated heterocycles. The van der Waals surface area contributed by atoms with Gasteiger partial charge in [0.15, 0.2) is 0 Å². The fourth-order valence-corrected chi connectivity index (χ4v) is 1.99. The summed E-state index contributed by atoms with van der Waals surface area (Å²) in [6, 6.07) is 5.99. The average Bonchev–Trinajstić information content (AvgIpc) is 3.01. The van der Waals surface area contributed by atoms with Gasteiger partial charge in [-0.25, -0.2) is 4.98 Å². The number of nitrogens with one attached hydrogen (secondary N) is 1. The van der Waals surface area contributed by atoms with Gasteiger partial charge in [-0.1, -0.05) is 11.6 Å². The summed E-state index contributed by atoms with van der Waals surface area (Å²) in [5, 5.41) is 0.803. The summed E-state index contributed by atoms with van der Waals surface area (Å²) >= 11 is 6.00. The monoisotopic (exact) mass is 232 g/mol. The zero-order valence-electron chi connectivity index (χ0n) is 9.13. The van der Waals surface area contributed by atoms with Gasteiger partial charge >= 0.3 is 0 Å². The molecule has 3 rings (SSSR count). The Hall–Kier alpha value is -1.28. The van der Waals surface area contributed by atoms with Gasteiger partial charge in [0.25, 0.3) is 0 Å². The Morgan fingerprint density at radius 2 is 2.19 bits per heavy atom. The lowest BCUT2D eigenvalue weighted by Crippen LogP contribution is -1.84. The molecule has 82 valence electrons. The van der Waals surface area contributed by atoms with Crippen molar-refractivity contribution in [2.24, 2.45) is 0 Å². The molecule has 2 nitrogen and oxygen atoms in total. The normalized spacial score (nSPS) is 15.4. The summed E-state index contributed by atoms with van der Waals surface area (Å²) in [5.74, 6) is 1.66. The third-order valence-electron chi connectivity index (χ3n) is 3.04. The molecule has 1 heterocycles. The molecule has 0 unspecified atom stereocenters. The highest BCUT2D eigenvalue weighted by molar-refractivity contribution is 6.31. The second-order valence-corrected chi connectivity index (χ2v) is 4.83. The predicted molar refractivity (Wildman–Crippen MR) is 65.7 cm³/mol. The summed E-state index contributed by atoms with van der Waals surface area (Å²) in [5.41, 5.74) is 3.46. The molecule has 1 N–H and O–H groups in total. The van der Waals surface area contributed by atoms with E-state index in [9.17, 15) is 0 Å². The Morgan fingerprint density at radius 3 is 2.88 bits per heavy atom. The average molecular weight is 233 g/mol. The number of nitrogens with zero attached hydrogens (tertiary/aromatic N) is 1. The highest BCUT2D eigenvalue weighted by atomic mass is 35.5. The van der Waals surface area contributed by atoms with Gasteiger partial charge in [-0.2, -0.15) is 0 Å². The van der Waals surface area contributed by atoms with E-state index in [2.05, 4.69) is 16.0 Å². The van der Waals surface area contributed by atoms with Crippen LogP contribution in [-0.4, -0.2) is 9.97 Å². The Morgan fingerprint density at radius 1 is 1.38 bits per heavy atom. The first-order chi connectivity index (χ1) is 7.74. The summed E-state index contributed by atoms with van der Waals surface area (Å²) in [6.07, 6.45) is 4.54. The SMILES string of the molecule is Cc1cc(-c2ncc(C3CC3)[nH]2)ccc1Cl. The molecule has 1 aromatic heterocycles. The van der Waals surface area contributed by atoms with Gasteiger partial charge in [-0.05, 0) is 43.5 Å². The van der Waals surface area contributed by atoms with Crippen LogP contribution in [0.5, 0.6) is 0 Å². The van der Waals surface area contributed by atoms with Crippen LogP contribution in [0.1, 0.15) is 30.0 Å². The quantitative estimate of drug-likeness (QED) is 0.836. The number of imidazole rings is 1. The van der Waals surface area contributed by atoms with E-state index in [0.29, 0.717) is 0 Å². The summed E-state index contributed by atoms with van der Waals surface area (Å²) in [6.45, 7) is 2.01. The van der Waals surface area contributed by atoms with Gasteiger partial charge < -0.3 is 4.98 Å². The first-order valence-corrected chi connectivity index (χ1v) is 5.93. The number of aromatic amines is 1. The summed E-state index contributed by atoms with van der Waals surface area (Å²) in [4.78, 5) is 7.80. The van der Waals surface area contributed by atoms with E-state index in [1.807, 2.05) is 25.3 Å². The number of aryl methyl sites for hydroxylation is 1. The van der Waals surface area contributed by atoms with Gasteiger partial charge in [0.1, 0.15) is 5.82 Å². The second kappa shape index (κ2) is 3.63. The minimum atomic E-state index is 0.717. The van der Waals surface area contributed by atoms with Crippen LogP contribution in [0.25, 0.3) is 11.4 Å². The number of hydrogen-bond donors (Lipinski definition) is 1. The molecule has 0 amide bonds. The van der Waals surface area contributed by atoms with Gasteiger partial charge in [0.2, 0.25) is 0 Å². The minimum absolute atomic E-state index is 0.717. The first-order valence-electron chi connectivity index (χ1n) is 5.55. The molecule has 2 aromatic rings. The Balaban J connectivity index is 1.97. The largest absolute Gasteiger partial charge is 0.342 e. The molecule has 16 heavy (non-hydrogen) atoms. The molecule has 1 aliphatic carbocycles. The van der Waals surface area contributed by atoms with Crippen LogP contribution in [0.2, 0.25) is 5.02 Å². The number of aromatic nitrogens is 2. The van der Waals surface area contributed by atoms with Crippen LogP contribution in [0.15, 0.2) is 24.4 Å². The molecule has 0 atom stereocenters. The molecule has 1 saturated carbocycles. The molecule has 1 fully saturated rings. The molecule has 0 bridgehead atoms. The smallest absolute Gasteiger partial charge is 0.137 e. The van der Waals surface area contributed by atoms with Crippen molar-refractivity contribution in [2.45, 2.75) is 25.7 Å². The van der Waals surface area contributed by atoms with Crippen molar-refractivity contribution in [2.75, 3.05) is 0 Å². The van der Waals surface area contributed by atoms with Crippen LogP contribution >= 0.6 is 11.6 Å². The fourth-order valence-electron chi connectivity index (χ4n) is 1.88. The highest BCUT2D eigenvalue weighted by Crippen LogP contribution is 2.39. The maximum absolute atomic E-state index is 6.00. The molecular formula is C13H13ClN2. The van der Waals surface area contributed by atoms with E-state index in [0.717, 1.165) is 27.9 Å². The van der Waals surface area contributed by atoms with Crippen molar-refractivity contribution in [3.8, 4) is 11.4 Å². The zero-order valence-corrected chi connectivity index (χ0v) is 9.88. The minimum Gasteiger partial charge on any atom is -0.342 e. The maximum Gasteiger partial charge on any atom is 0.137 e. The number of benzene rings is 1. The Labute approximate surface area is 99.7 Å². The van der Waals surface area contributed by atoms with Crippen LogP contribution in [0.4, 0.5) is 0 Å². The molecular weight excluding hydrogens is 220 g/mol. The van der Waals surface area contributed by atoms with E-state index >= 15 is 0 Å². The highest BCUT2D eigenvalue weighted by Gasteiger charge is 2.25. The van der Waals surface area contributed by atoms with E-state index in [1.54, 1.807) is 0 Å². The summed E-state index contributed by atoms with van der Waals surface area (Å²) in [7, 11) is 0. The van der Waals surface area contributed by atoms with E-state index in [1.165, 1.54) is 18.5 Å². The fraction of sp³-hybridized carbons (Fsp3) is 0.308. The van der Waals surface area contributed by atoms with Crippen LogP contribution < -0.4 is 0 Å². The number of H-pyrrole nitrogens is 1.